The molecular formula is C25H28N4O2. The summed E-state index contributed by atoms with van der Waals surface area (Å²) in [5.41, 5.74) is 2.86. The first-order chi connectivity index (χ1) is 15.0. The second-order valence-corrected chi connectivity index (χ2v) is 8.40. The molecule has 0 saturated carbocycles. The van der Waals surface area contributed by atoms with Crippen LogP contribution in [-0.4, -0.2) is 44.4 Å². The van der Waals surface area contributed by atoms with Crippen LogP contribution in [0.2, 0.25) is 0 Å². The minimum atomic E-state index is -0.172. The van der Waals surface area contributed by atoms with E-state index in [9.17, 15) is 9.59 Å². The predicted octanol–water partition coefficient (Wildman–Crippen LogP) is 4.43. The first-order valence-corrected chi connectivity index (χ1v) is 10.9. The molecule has 4 rings (SSSR count). The molecule has 31 heavy (non-hydrogen) atoms. The zero-order chi connectivity index (χ0) is 22.0. The van der Waals surface area contributed by atoms with E-state index in [1.807, 2.05) is 55.5 Å². The van der Waals surface area contributed by atoms with Gasteiger partial charge in [0.25, 0.3) is 5.91 Å². The number of aromatic nitrogens is 3. The Morgan fingerprint density at radius 3 is 2.29 bits per heavy atom. The number of Topliss-reactive ketones (excluding diaryl/α,β-unsaturated/α-hetero) is 1. The molecule has 1 aliphatic heterocycles. The van der Waals surface area contributed by atoms with E-state index in [-0.39, 0.29) is 23.4 Å². The Kier molecular flexibility index (Phi) is 5.98. The van der Waals surface area contributed by atoms with Gasteiger partial charge in [0.2, 0.25) is 5.82 Å². The molecule has 0 unspecified atom stereocenters. The van der Waals surface area contributed by atoms with Crippen molar-refractivity contribution in [1.29, 1.82) is 0 Å². The standard InChI is InChI=1S/C25H28N4O2/c1-17(2)21-11-7-8-12-22(21)29-18(3)26-24(27-29)25(31)28-15-13-20(14-16-28)23(30)19-9-5-4-6-10-19/h4-12,17,20H,13-16H2,1-3H3. The maximum atomic E-state index is 13.1. The Balaban J connectivity index is 1.47. The van der Waals surface area contributed by atoms with E-state index >= 15 is 0 Å². The minimum absolute atomic E-state index is 0.0448. The van der Waals surface area contributed by atoms with E-state index in [0.29, 0.717) is 37.7 Å². The Bertz CT molecular complexity index is 1080. The van der Waals surface area contributed by atoms with Crippen molar-refractivity contribution in [3.05, 3.63) is 77.4 Å². The molecule has 0 N–H and O–H groups in total. The largest absolute Gasteiger partial charge is 0.336 e. The number of para-hydroxylation sites is 1. The van der Waals surface area contributed by atoms with Crippen LogP contribution in [-0.2, 0) is 0 Å². The number of piperidine rings is 1. The fourth-order valence-corrected chi connectivity index (χ4v) is 4.20. The van der Waals surface area contributed by atoms with Gasteiger partial charge in [0.1, 0.15) is 5.82 Å². The third-order valence-corrected chi connectivity index (χ3v) is 5.96. The smallest absolute Gasteiger partial charge is 0.293 e. The summed E-state index contributed by atoms with van der Waals surface area (Å²) in [6, 6.07) is 17.5. The molecule has 2 heterocycles. The molecule has 1 aromatic heterocycles. The van der Waals surface area contributed by atoms with Crippen LogP contribution in [0.15, 0.2) is 54.6 Å². The first-order valence-electron chi connectivity index (χ1n) is 10.9. The predicted molar refractivity (Wildman–Crippen MR) is 120 cm³/mol. The van der Waals surface area contributed by atoms with Gasteiger partial charge in [-0.2, -0.15) is 0 Å². The van der Waals surface area contributed by atoms with Crippen LogP contribution in [0.25, 0.3) is 5.69 Å². The van der Waals surface area contributed by atoms with Crippen LogP contribution in [0.4, 0.5) is 0 Å². The van der Waals surface area contributed by atoms with Gasteiger partial charge in [-0.3, -0.25) is 9.59 Å². The van der Waals surface area contributed by atoms with Crippen LogP contribution in [0.5, 0.6) is 0 Å². The highest BCUT2D eigenvalue weighted by Gasteiger charge is 2.30. The van der Waals surface area contributed by atoms with Gasteiger partial charge in [-0.1, -0.05) is 62.4 Å². The molecule has 0 radical (unpaired) electrons. The van der Waals surface area contributed by atoms with Crippen molar-refractivity contribution in [3.63, 3.8) is 0 Å². The highest BCUT2D eigenvalue weighted by atomic mass is 16.2. The van der Waals surface area contributed by atoms with Gasteiger partial charge in [0.05, 0.1) is 5.69 Å². The average molecular weight is 417 g/mol. The third kappa shape index (κ3) is 4.29. The molecule has 6 heteroatoms. The lowest BCUT2D eigenvalue weighted by atomic mass is 9.89. The van der Waals surface area contributed by atoms with Gasteiger partial charge in [0.15, 0.2) is 5.78 Å². The van der Waals surface area contributed by atoms with E-state index in [0.717, 1.165) is 16.8 Å². The van der Waals surface area contributed by atoms with Crippen molar-refractivity contribution in [2.75, 3.05) is 13.1 Å². The van der Waals surface area contributed by atoms with Crippen molar-refractivity contribution < 1.29 is 9.59 Å². The molecule has 0 bridgehead atoms. The van der Waals surface area contributed by atoms with E-state index in [4.69, 9.17) is 0 Å². The van der Waals surface area contributed by atoms with Gasteiger partial charge in [-0.15, -0.1) is 5.10 Å². The maximum Gasteiger partial charge on any atom is 0.293 e. The fraction of sp³-hybridized carbons (Fsp3) is 0.360. The second-order valence-electron chi connectivity index (χ2n) is 8.40. The molecule has 3 aromatic rings. The molecule has 2 aromatic carbocycles. The molecule has 0 aliphatic carbocycles. The number of likely N-dealkylation sites (tertiary alicyclic amines) is 1. The summed E-state index contributed by atoms with van der Waals surface area (Å²) in [7, 11) is 0. The van der Waals surface area contributed by atoms with E-state index < -0.39 is 0 Å². The lowest BCUT2D eigenvalue weighted by Crippen LogP contribution is -2.40. The Morgan fingerprint density at radius 2 is 1.61 bits per heavy atom. The van der Waals surface area contributed by atoms with Crippen LogP contribution in [0, 0.1) is 12.8 Å². The normalized spacial score (nSPS) is 14.8. The van der Waals surface area contributed by atoms with Gasteiger partial charge < -0.3 is 4.90 Å². The number of amides is 1. The molecule has 1 fully saturated rings. The number of benzene rings is 2. The molecular weight excluding hydrogens is 388 g/mol. The maximum absolute atomic E-state index is 13.1. The van der Waals surface area contributed by atoms with Crippen LogP contribution >= 0.6 is 0 Å². The quantitative estimate of drug-likeness (QED) is 0.577. The lowest BCUT2D eigenvalue weighted by molar-refractivity contribution is 0.0640. The molecule has 0 atom stereocenters. The Labute approximate surface area is 182 Å². The highest BCUT2D eigenvalue weighted by Crippen LogP contribution is 2.25. The monoisotopic (exact) mass is 416 g/mol. The summed E-state index contributed by atoms with van der Waals surface area (Å²) in [5.74, 6) is 1.18. The Hall–Kier alpha value is -3.28. The molecule has 6 nitrogen and oxygen atoms in total. The second kappa shape index (κ2) is 8.84. The van der Waals surface area contributed by atoms with Crippen molar-refractivity contribution in [2.24, 2.45) is 5.92 Å². The number of rotatable bonds is 5. The number of hydrogen-bond acceptors (Lipinski definition) is 4. The zero-order valence-corrected chi connectivity index (χ0v) is 18.3. The van der Waals surface area contributed by atoms with Gasteiger partial charge in [-0.25, -0.2) is 9.67 Å². The molecule has 160 valence electrons. The topological polar surface area (TPSA) is 68.1 Å². The summed E-state index contributed by atoms with van der Waals surface area (Å²) in [6.45, 7) is 7.22. The first kappa shape index (κ1) is 21.0. The van der Waals surface area contributed by atoms with E-state index in [1.54, 1.807) is 9.58 Å². The summed E-state index contributed by atoms with van der Waals surface area (Å²) < 4.78 is 1.76. The summed E-state index contributed by atoms with van der Waals surface area (Å²) in [6.07, 6.45) is 1.32. The SMILES string of the molecule is Cc1nc(C(=O)N2CCC(C(=O)c3ccccc3)CC2)nn1-c1ccccc1C(C)C. The number of hydrogen-bond donors (Lipinski definition) is 0. The van der Waals surface area contributed by atoms with Crippen molar-refractivity contribution in [3.8, 4) is 5.69 Å². The Morgan fingerprint density at radius 1 is 0.968 bits per heavy atom. The summed E-state index contributed by atoms with van der Waals surface area (Å²) in [5, 5.41) is 4.55. The number of aryl methyl sites for hydroxylation is 1. The van der Waals surface area contributed by atoms with E-state index in [1.165, 1.54) is 0 Å². The summed E-state index contributed by atoms with van der Waals surface area (Å²) in [4.78, 5) is 32.0. The van der Waals surface area contributed by atoms with Crippen molar-refractivity contribution in [2.45, 2.75) is 39.5 Å². The number of carbonyl (C=O) groups excluding carboxylic acids is 2. The van der Waals surface area contributed by atoms with Gasteiger partial charge in [-0.05, 0) is 37.3 Å². The van der Waals surface area contributed by atoms with Crippen molar-refractivity contribution in [1.82, 2.24) is 19.7 Å². The number of carbonyl (C=O) groups is 2. The molecule has 1 saturated heterocycles. The fourth-order valence-electron chi connectivity index (χ4n) is 4.20. The number of nitrogens with zero attached hydrogens (tertiary/aromatic N) is 4. The molecule has 0 spiro atoms. The van der Waals surface area contributed by atoms with Crippen molar-refractivity contribution >= 4 is 11.7 Å². The van der Waals surface area contributed by atoms with Gasteiger partial charge >= 0.3 is 0 Å². The van der Waals surface area contributed by atoms with Crippen LogP contribution in [0.1, 0.15) is 65.0 Å². The van der Waals surface area contributed by atoms with E-state index in [2.05, 4.69) is 30.0 Å². The number of ketones is 1. The molecule has 1 amide bonds. The molecule has 1 aliphatic rings. The highest BCUT2D eigenvalue weighted by molar-refractivity contribution is 5.98. The third-order valence-electron chi connectivity index (χ3n) is 5.96. The minimum Gasteiger partial charge on any atom is -0.336 e. The summed E-state index contributed by atoms with van der Waals surface area (Å²) >= 11 is 0. The lowest BCUT2D eigenvalue weighted by Gasteiger charge is -2.30. The average Bonchev–Trinajstić information content (AvgIpc) is 3.20. The van der Waals surface area contributed by atoms with Gasteiger partial charge in [0, 0.05) is 24.6 Å². The zero-order valence-electron chi connectivity index (χ0n) is 18.3. The van der Waals surface area contributed by atoms with Crippen LogP contribution < -0.4 is 0 Å². The van der Waals surface area contributed by atoms with Crippen LogP contribution in [0.3, 0.4) is 0 Å².